The number of aromatic amines is 1. The van der Waals surface area contributed by atoms with Gasteiger partial charge in [-0.05, 0) is 22.9 Å². The summed E-state index contributed by atoms with van der Waals surface area (Å²) >= 11 is 1.87. The highest BCUT2D eigenvalue weighted by atomic mass is 32.2. The zero-order valence-electron chi connectivity index (χ0n) is 18.1. The second-order valence-corrected chi connectivity index (χ2v) is 11.0. The molecule has 0 radical (unpaired) electrons. The Balaban J connectivity index is 1.60. The molecule has 1 saturated heterocycles. The molecule has 16 nitrogen and oxygen atoms in total. The molecule has 2 aromatic rings. The van der Waals surface area contributed by atoms with Crippen LogP contribution in [-0.4, -0.2) is 102 Å². The average molecular weight is 560 g/mol. The summed E-state index contributed by atoms with van der Waals surface area (Å²) in [7, 11) is -3.33. The summed E-state index contributed by atoms with van der Waals surface area (Å²) in [6.07, 6.45) is 1.32. The molecule has 4 rings (SSSR count). The molecule has 192 valence electrons. The third-order valence-electron chi connectivity index (χ3n) is 4.96. The van der Waals surface area contributed by atoms with Crippen LogP contribution in [0.2, 0.25) is 0 Å². The van der Waals surface area contributed by atoms with Crippen LogP contribution in [0.5, 0.6) is 0 Å². The molecule has 0 bridgehead atoms. The third kappa shape index (κ3) is 5.22. The topological polar surface area (TPSA) is 230 Å². The first-order chi connectivity index (χ1) is 17.1. The fraction of sp³-hybridized carbons (Fsp3) is 0.353. The zero-order valence-corrected chi connectivity index (χ0v) is 20.5. The fourth-order valence-corrected chi connectivity index (χ4v) is 7.20. The Bertz CT molecular complexity index is 1330. The van der Waals surface area contributed by atoms with Gasteiger partial charge < -0.3 is 19.7 Å². The SMILES string of the molecule is CON=C(C(=O)NC1C(=O)N2C(C(=O)O)=C(C(CS(=O)(=O)O)Sc3nn[nH]n3)CS[C@@H]12)c1ccco1. The van der Waals surface area contributed by atoms with Gasteiger partial charge in [-0.2, -0.15) is 13.6 Å². The van der Waals surface area contributed by atoms with Crippen LogP contribution >= 0.6 is 23.5 Å². The quantitative estimate of drug-likeness (QED) is 0.0893. The summed E-state index contributed by atoms with van der Waals surface area (Å²) in [5.41, 5.74) is -0.615. The summed E-state index contributed by atoms with van der Waals surface area (Å²) < 4.78 is 37.9. The number of amides is 2. The number of carbonyl (C=O) groups excluding carboxylic acids is 2. The van der Waals surface area contributed by atoms with Crippen molar-refractivity contribution in [2.24, 2.45) is 5.16 Å². The van der Waals surface area contributed by atoms with Gasteiger partial charge in [0.2, 0.25) is 10.9 Å². The summed E-state index contributed by atoms with van der Waals surface area (Å²) in [6, 6.07) is 1.90. The number of rotatable bonds is 10. The Morgan fingerprint density at radius 2 is 2.28 bits per heavy atom. The van der Waals surface area contributed by atoms with Crippen molar-refractivity contribution in [2.45, 2.75) is 21.8 Å². The van der Waals surface area contributed by atoms with Crippen molar-refractivity contribution >= 4 is 57.1 Å². The van der Waals surface area contributed by atoms with E-state index in [0.717, 1.165) is 28.4 Å². The predicted molar refractivity (Wildman–Crippen MR) is 122 cm³/mol. The third-order valence-corrected chi connectivity index (χ3v) is 8.35. The molecule has 2 aliphatic heterocycles. The van der Waals surface area contributed by atoms with Gasteiger partial charge >= 0.3 is 5.97 Å². The van der Waals surface area contributed by atoms with E-state index in [2.05, 4.69) is 35.9 Å². The summed E-state index contributed by atoms with van der Waals surface area (Å²) in [5, 5.41) is 27.1. The van der Waals surface area contributed by atoms with Crippen LogP contribution in [0, 0.1) is 0 Å². The van der Waals surface area contributed by atoms with E-state index in [9.17, 15) is 32.5 Å². The van der Waals surface area contributed by atoms with E-state index < -0.39 is 56.0 Å². The first-order valence-corrected chi connectivity index (χ1v) is 13.4. The molecule has 2 aromatic heterocycles. The molecule has 3 atom stereocenters. The lowest BCUT2D eigenvalue weighted by atomic mass is 10.0. The van der Waals surface area contributed by atoms with Crippen molar-refractivity contribution < 1.29 is 41.7 Å². The molecule has 0 saturated carbocycles. The van der Waals surface area contributed by atoms with Gasteiger partial charge in [0.15, 0.2) is 5.76 Å². The maximum atomic E-state index is 13.0. The fourth-order valence-electron chi connectivity index (χ4n) is 3.53. The molecule has 2 aliphatic rings. The van der Waals surface area contributed by atoms with Crippen molar-refractivity contribution in [3.8, 4) is 0 Å². The number of carboxylic acids is 1. The van der Waals surface area contributed by atoms with E-state index in [1.54, 1.807) is 0 Å². The molecule has 1 fully saturated rings. The van der Waals surface area contributed by atoms with Crippen molar-refractivity contribution in [1.82, 2.24) is 30.8 Å². The number of hydrogen-bond acceptors (Lipinski definition) is 13. The summed E-state index contributed by atoms with van der Waals surface area (Å²) in [6.45, 7) is 0. The first kappa shape index (κ1) is 25.7. The zero-order chi connectivity index (χ0) is 26.0. The van der Waals surface area contributed by atoms with Crippen LogP contribution in [0.15, 0.2) is 44.4 Å². The molecular weight excluding hydrogens is 542 g/mol. The van der Waals surface area contributed by atoms with Crippen LogP contribution in [0.3, 0.4) is 0 Å². The van der Waals surface area contributed by atoms with Gasteiger partial charge in [0, 0.05) is 5.75 Å². The number of carbonyl (C=O) groups is 3. The number of hydrogen-bond donors (Lipinski definition) is 4. The van der Waals surface area contributed by atoms with Crippen molar-refractivity contribution in [3.05, 3.63) is 35.4 Å². The van der Waals surface area contributed by atoms with Crippen LogP contribution < -0.4 is 5.32 Å². The van der Waals surface area contributed by atoms with Crippen LogP contribution in [0.1, 0.15) is 5.76 Å². The van der Waals surface area contributed by atoms with Crippen LogP contribution in [-0.2, 0) is 29.3 Å². The van der Waals surface area contributed by atoms with Gasteiger partial charge in [0.1, 0.15) is 24.2 Å². The number of aliphatic carboxylic acids is 1. The molecule has 0 aromatic carbocycles. The minimum Gasteiger partial charge on any atom is -0.477 e. The minimum atomic E-state index is -4.55. The highest BCUT2D eigenvalue weighted by Gasteiger charge is 2.55. The molecule has 36 heavy (non-hydrogen) atoms. The monoisotopic (exact) mass is 559 g/mol. The Morgan fingerprint density at radius 1 is 1.50 bits per heavy atom. The first-order valence-electron chi connectivity index (χ1n) is 9.83. The van der Waals surface area contributed by atoms with E-state index in [1.807, 2.05) is 0 Å². The molecule has 2 unspecified atom stereocenters. The van der Waals surface area contributed by atoms with E-state index in [4.69, 9.17) is 4.42 Å². The van der Waals surface area contributed by atoms with E-state index >= 15 is 0 Å². The van der Waals surface area contributed by atoms with Crippen molar-refractivity contribution in [2.75, 3.05) is 18.6 Å². The number of oxime groups is 1. The molecule has 19 heteroatoms. The standard InChI is InChI=1S/C17H17N7O9S3/c1-32-21-10(8-3-2-4-33-8)13(25)18-11-14(26)24-12(16(27)28)7(5-34-15(11)24)9(6-36(29,30)31)35-17-19-22-23-20-17/h2-4,9,11,15H,5-6H2,1H3,(H,18,25)(H,27,28)(H,29,30,31)(H,19,20,22,23)/t9?,11?,15-/m0/s1. The molecule has 0 aliphatic carbocycles. The molecule has 0 spiro atoms. The number of fused-ring (bicyclic) bond motifs is 1. The van der Waals surface area contributed by atoms with Gasteiger partial charge in [-0.1, -0.05) is 16.9 Å². The highest BCUT2D eigenvalue weighted by molar-refractivity contribution is 8.01. The Kier molecular flexibility index (Phi) is 7.33. The van der Waals surface area contributed by atoms with Crippen LogP contribution in [0.4, 0.5) is 0 Å². The number of thioether (sulfide) groups is 2. The molecule has 4 heterocycles. The smallest absolute Gasteiger partial charge is 0.352 e. The van der Waals surface area contributed by atoms with Gasteiger partial charge in [-0.25, -0.2) is 4.79 Å². The van der Waals surface area contributed by atoms with Crippen molar-refractivity contribution in [1.29, 1.82) is 0 Å². The highest BCUT2D eigenvalue weighted by Crippen LogP contribution is 2.43. The van der Waals surface area contributed by atoms with E-state index in [1.165, 1.54) is 25.5 Å². The Labute approximate surface area is 210 Å². The number of tetrazole rings is 1. The van der Waals surface area contributed by atoms with Gasteiger partial charge in [-0.15, -0.1) is 22.0 Å². The minimum absolute atomic E-state index is 0.0102. The predicted octanol–water partition coefficient (Wildman–Crippen LogP) is -1.07. The number of furan rings is 1. The number of nitrogens with zero attached hydrogens (tertiary/aromatic N) is 5. The lowest BCUT2D eigenvalue weighted by Crippen LogP contribution is -2.71. The van der Waals surface area contributed by atoms with Crippen molar-refractivity contribution in [3.63, 3.8) is 0 Å². The Morgan fingerprint density at radius 3 is 2.86 bits per heavy atom. The summed E-state index contributed by atoms with van der Waals surface area (Å²) in [5.74, 6) is -3.79. The number of nitrogens with one attached hydrogen (secondary N) is 2. The maximum Gasteiger partial charge on any atom is 0.352 e. The largest absolute Gasteiger partial charge is 0.477 e. The van der Waals surface area contributed by atoms with Gasteiger partial charge in [-0.3, -0.25) is 19.0 Å². The second kappa shape index (κ2) is 10.3. The maximum absolute atomic E-state index is 13.0. The van der Waals surface area contributed by atoms with E-state index in [-0.39, 0.29) is 28.0 Å². The molecule has 2 amide bonds. The van der Waals surface area contributed by atoms with Gasteiger partial charge in [0.25, 0.3) is 21.9 Å². The lowest BCUT2D eigenvalue weighted by molar-refractivity contribution is -0.150. The average Bonchev–Trinajstić information content (AvgIpc) is 3.53. The lowest BCUT2D eigenvalue weighted by Gasteiger charge is -2.50. The number of β-lactam (4-membered cyclic amide) rings is 1. The van der Waals surface area contributed by atoms with Gasteiger partial charge in [0.05, 0.1) is 17.3 Å². The normalized spacial score (nSPS) is 21.0. The molecular formula is C17H17N7O9S3. The molecule has 4 N–H and O–H groups in total. The van der Waals surface area contributed by atoms with E-state index in [0.29, 0.717) is 0 Å². The number of aromatic nitrogens is 4. The number of H-pyrrole nitrogens is 1. The second-order valence-electron chi connectivity index (χ2n) is 7.19. The number of carboxylic acid groups (broad SMARTS) is 1. The summed E-state index contributed by atoms with van der Waals surface area (Å²) in [4.78, 5) is 43.6. The van der Waals surface area contributed by atoms with Crippen LogP contribution in [0.25, 0.3) is 0 Å². The Hall–Kier alpha value is -3.42.